The van der Waals surface area contributed by atoms with Gasteiger partial charge in [-0.1, -0.05) is 6.07 Å². The van der Waals surface area contributed by atoms with Crippen LogP contribution in [0.3, 0.4) is 0 Å². The molecule has 0 saturated carbocycles. The molecule has 3 aliphatic rings. The van der Waals surface area contributed by atoms with Gasteiger partial charge in [0.2, 0.25) is 6.10 Å². The maximum atomic E-state index is 13.0. The molecule has 12 heteroatoms. The summed E-state index contributed by atoms with van der Waals surface area (Å²) in [4.78, 5) is 50.1. The van der Waals surface area contributed by atoms with E-state index >= 15 is 0 Å². The zero-order valence-electron chi connectivity index (χ0n) is 22.4. The van der Waals surface area contributed by atoms with E-state index in [-0.39, 0.29) is 29.7 Å². The quantitative estimate of drug-likeness (QED) is 0.331. The summed E-state index contributed by atoms with van der Waals surface area (Å²) >= 11 is 0. The lowest BCUT2D eigenvalue weighted by atomic mass is 9.54. The fourth-order valence-corrected chi connectivity index (χ4v) is 6.00. The molecule has 6 atom stereocenters. The standard InChI is InChI=1S/C27H33NO11/c1-13-6-7-17(30)22-21(13)26-10-11-28(5)15(3)27(26,35)9-8-18(23(26)39-22)38-20(31)12-19(37-16(4)29)25(34)36-14(2)24(32)33/h6-8,14-15,19,23,30,35H,9-12H2,1-5H3,(H,32,33)/t14-,15+,19-,23-,26-,27+/m0/s1. The molecule has 1 saturated heterocycles. The minimum Gasteiger partial charge on any atom is -0.504 e. The lowest BCUT2D eigenvalue weighted by Crippen LogP contribution is -2.71. The smallest absolute Gasteiger partial charge is 0.348 e. The van der Waals surface area contributed by atoms with Crippen molar-refractivity contribution in [2.75, 3.05) is 13.6 Å². The van der Waals surface area contributed by atoms with Crippen LogP contribution in [0.1, 0.15) is 51.2 Å². The Kier molecular flexibility index (Phi) is 7.39. The maximum absolute atomic E-state index is 13.0. The lowest BCUT2D eigenvalue weighted by molar-refractivity contribution is -0.178. The first-order chi connectivity index (χ1) is 18.2. The number of piperidine rings is 1. The number of benzene rings is 1. The number of carbonyl (C=O) groups is 4. The van der Waals surface area contributed by atoms with Crippen LogP contribution in [0, 0.1) is 6.92 Å². The van der Waals surface area contributed by atoms with Gasteiger partial charge >= 0.3 is 23.9 Å². The molecule has 1 aliphatic carbocycles. The van der Waals surface area contributed by atoms with E-state index in [4.69, 9.17) is 24.1 Å². The van der Waals surface area contributed by atoms with Crippen LogP contribution in [0.4, 0.5) is 0 Å². The Bertz CT molecular complexity index is 1240. The molecule has 12 nitrogen and oxygen atoms in total. The SMILES string of the molecule is CC(=O)O[C@@H](CC(=O)OC1=CC[C@@]2(O)[C@@H](C)N(C)CC[C@@]23c2c(C)ccc(O)c2O[C@@H]13)C(=O)O[C@@H](C)C(=O)O. The number of carboxylic acids is 1. The van der Waals surface area contributed by atoms with E-state index in [0.29, 0.717) is 18.5 Å². The summed E-state index contributed by atoms with van der Waals surface area (Å²) in [6.45, 7) is 6.51. The third kappa shape index (κ3) is 4.61. The number of fused-ring (bicyclic) bond motifs is 1. The van der Waals surface area contributed by atoms with Crippen molar-refractivity contribution in [2.24, 2.45) is 0 Å². The molecular weight excluding hydrogens is 514 g/mol. The van der Waals surface area contributed by atoms with Crippen molar-refractivity contribution in [1.82, 2.24) is 4.90 Å². The van der Waals surface area contributed by atoms with E-state index in [1.165, 1.54) is 6.07 Å². The van der Waals surface area contributed by atoms with Crippen LogP contribution in [0.2, 0.25) is 0 Å². The minimum absolute atomic E-state index is 0.0882. The monoisotopic (exact) mass is 547 g/mol. The number of hydrogen-bond donors (Lipinski definition) is 3. The normalized spacial score (nSPS) is 28.9. The Hall–Kier alpha value is -3.64. The molecule has 0 amide bonds. The molecule has 0 aromatic heterocycles. The molecule has 1 aromatic carbocycles. The number of aliphatic hydroxyl groups is 1. The van der Waals surface area contributed by atoms with Crippen LogP contribution in [-0.2, 0) is 38.8 Å². The number of aryl methyl sites for hydroxylation is 1. The first-order valence-corrected chi connectivity index (χ1v) is 12.7. The highest BCUT2D eigenvalue weighted by atomic mass is 16.6. The van der Waals surface area contributed by atoms with E-state index in [2.05, 4.69) is 0 Å². The second-order valence-electron chi connectivity index (χ2n) is 10.4. The molecule has 1 spiro atoms. The molecule has 2 heterocycles. The molecule has 39 heavy (non-hydrogen) atoms. The number of aromatic hydroxyl groups is 1. The van der Waals surface area contributed by atoms with Crippen molar-refractivity contribution >= 4 is 23.9 Å². The molecule has 1 fully saturated rings. The van der Waals surface area contributed by atoms with E-state index < -0.39 is 59.6 Å². The van der Waals surface area contributed by atoms with Crippen molar-refractivity contribution in [3.05, 3.63) is 35.1 Å². The number of rotatable bonds is 7. The molecule has 0 bridgehead atoms. The van der Waals surface area contributed by atoms with Crippen LogP contribution >= 0.6 is 0 Å². The van der Waals surface area contributed by atoms with Gasteiger partial charge in [-0.3, -0.25) is 9.59 Å². The Morgan fingerprint density at radius 1 is 1.23 bits per heavy atom. The molecular formula is C27H33NO11. The maximum Gasteiger partial charge on any atom is 0.348 e. The number of esters is 3. The number of likely N-dealkylation sites (tertiary alicyclic amines) is 1. The number of carbonyl (C=O) groups excluding carboxylic acids is 3. The van der Waals surface area contributed by atoms with Gasteiger partial charge in [-0.15, -0.1) is 0 Å². The Balaban J connectivity index is 1.65. The van der Waals surface area contributed by atoms with Gasteiger partial charge < -0.3 is 39.2 Å². The van der Waals surface area contributed by atoms with Gasteiger partial charge in [0.1, 0.15) is 5.76 Å². The van der Waals surface area contributed by atoms with Crippen molar-refractivity contribution in [1.29, 1.82) is 0 Å². The van der Waals surface area contributed by atoms with Gasteiger partial charge in [0.05, 0.1) is 17.4 Å². The largest absolute Gasteiger partial charge is 0.504 e. The summed E-state index contributed by atoms with van der Waals surface area (Å²) in [5, 5.41) is 31.8. The number of nitrogens with zero attached hydrogens (tertiary/aromatic N) is 1. The zero-order valence-corrected chi connectivity index (χ0v) is 22.4. The first-order valence-electron chi connectivity index (χ1n) is 12.7. The molecule has 212 valence electrons. The van der Waals surface area contributed by atoms with Gasteiger partial charge in [-0.05, 0) is 58.5 Å². The van der Waals surface area contributed by atoms with Crippen LogP contribution in [0.5, 0.6) is 11.5 Å². The summed E-state index contributed by atoms with van der Waals surface area (Å²) in [7, 11) is 1.91. The van der Waals surface area contributed by atoms with E-state index in [9.17, 15) is 29.4 Å². The number of aliphatic carboxylic acids is 1. The van der Waals surface area contributed by atoms with Gasteiger partial charge in [-0.2, -0.15) is 0 Å². The fraction of sp³-hybridized carbons (Fsp3) is 0.556. The van der Waals surface area contributed by atoms with Gasteiger partial charge in [0.15, 0.2) is 23.7 Å². The molecule has 1 aromatic rings. The first kappa shape index (κ1) is 28.4. The number of likely N-dealkylation sites (N-methyl/N-ethyl adjacent to an activating group) is 1. The lowest BCUT2D eigenvalue weighted by Gasteiger charge is -2.58. The second-order valence-corrected chi connectivity index (χ2v) is 10.4. The highest BCUT2D eigenvalue weighted by Gasteiger charge is 2.69. The summed E-state index contributed by atoms with van der Waals surface area (Å²) in [6, 6.07) is 2.94. The average Bonchev–Trinajstić information content (AvgIpc) is 3.23. The predicted molar refractivity (Wildman–Crippen MR) is 133 cm³/mol. The summed E-state index contributed by atoms with van der Waals surface area (Å²) in [5.74, 6) is -4.28. The highest BCUT2D eigenvalue weighted by molar-refractivity contribution is 5.86. The summed E-state index contributed by atoms with van der Waals surface area (Å²) < 4.78 is 21.6. The van der Waals surface area contributed by atoms with E-state index in [0.717, 1.165) is 19.4 Å². The third-order valence-electron chi connectivity index (χ3n) is 8.13. The molecule has 2 aliphatic heterocycles. The Morgan fingerprint density at radius 2 is 1.92 bits per heavy atom. The van der Waals surface area contributed by atoms with Crippen molar-refractivity contribution in [3.63, 3.8) is 0 Å². The number of ether oxygens (including phenoxy) is 4. The molecule has 4 rings (SSSR count). The highest BCUT2D eigenvalue weighted by Crippen LogP contribution is 2.62. The number of phenolic OH excluding ortho intramolecular Hbond substituents is 1. The second kappa shape index (κ2) is 10.2. The van der Waals surface area contributed by atoms with Crippen molar-refractivity contribution in [2.45, 2.75) is 82.3 Å². The van der Waals surface area contributed by atoms with E-state index in [1.807, 2.05) is 25.8 Å². The predicted octanol–water partition coefficient (Wildman–Crippen LogP) is 1.32. The number of phenols is 1. The Morgan fingerprint density at radius 3 is 2.56 bits per heavy atom. The third-order valence-corrected chi connectivity index (χ3v) is 8.13. The number of carboxylic acid groups (broad SMARTS) is 1. The topological polar surface area (TPSA) is 169 Å². The van der Waals surface area contributed by atoms with Crippen molar-refractivity contribution in [3.8, 4) is 11.5 Å². The van der Waals surface area contributed by atoms with Gasteiger partial charge in [0, 0.05) is 24.9 Å². The minimum atomic E-state index is -1.73. The fourth-order valence-electron chi connectivity index (χ4n) is 6.00. The zero-order chi connectivity index (χ0) is 28.9. The van der Waals surface area contributed by atoms with E-state index in [1.54, 1.807) is 12.1 Å². The molecule has 3 N–H and O–H groups in total. The van der Waals surface area contributed by atoms with Crippen molar-refractivity contribution < 1.29 is 53.4 Å². The van der Waals surface area contributed by atoms with Crippen LogP contribution in [-0.4, -0.2) is 87.6 Å². The van der Waals surface area contributed by atoms with Crippen LogP contribution < -0.4 is 4.74 Å². The van der Waals surface area contributed by atoms with Crippen LogP contribution in [0.25, 0.3) is 0 Å². The molecule has 0 radical (unpaired) electrons. The van der Waals surface area contributed by atoms with Gasteiger partial charge in [-0.25, -0.2) is 9.59 Å². The number of hydrogen-bond acceptors (Lipinski definition) is 11. The summed E-state index contributed by atoms with van der Waals surface area (Å²) in [5.41, 5.74) is -0.924. The summed E-state index contributed by atoms with van der Waals surface area (Å²) in [6.07, 6.45) is -2.87. The van der Waals surface area contributed by atoms with Gasteiger partial charge in [0.25, 0.3) is 0 Å². The molecule has 0 unspecified atom stereocenters. The average molecular weight is 548 g/mol. The Labute approximate surface area is 225 Å². The van der Waals surface area contributed by atoms with Crippen LogP contribution in [0.15, 0.2) is 24.0 Å².